The average Bonchev–Trinajstić information content (AvgIpc) is 3.48. The van der Waals surface area contributed by atoms with Gasteiger partial charge in [0.2, 0.25) is 10.0 Å². The number of nitrogens with one attached hydrogen (secondary N) is 1. The van der Waals surface area contributed by atoms with Crippen LogP contribution in [-0.2, 0) is 16.6 Å². The molecule has 0 bridgehead atoms. The maximum atomic E-state index is 14.6. The van der Waals surface area contributed by atoms with Crippen molar-refractivity contribution in [3.63, 3.8) is 0 Å². The lowest BCUT2D eigenvalue weighted by atomic mass is 9.98. The van der Waals surface area contributed by atoms with E-state index in [9.17, 15) is 17.2 Å². The highest BCUT2D eigenvalue weighted by atomic mass is 32.2. The molecule has 0 unspecified atom stereocenters. The molecule has 5 rings (SSSR count). The smallest absolute Gasteiger partial charge is 0.229 e. The Morgan fingerprint density at radius 2 is 1.63 bits per heavy atom. The Labute approximate surface area is 219 Å². The molecular weight excluding hydrogens is 510 g/mol. The number of nitrogens with zero attached hydrogens (tertiary/aromatic N) is 5. The third-order valence-corrected chi connectivity index (χ3v) is 6.65. The first kappa shape index (κ1) is 25.6. The number of hydrogen-bond acceptors (Lipinski definition) is 5. The molecule has 0 atom stereocenters. The summed E-state index contributed by atoms with van der Waals surface area (Å²) in [6.45, 7) is 1.65. The summed E-state index contributed by atoms with van der Waals surface area (Å²) in [5, 5.41) is 8.94. The molecule has 2 aromatic carbocycles. The first-order valence-electron chi connectivity index (χ1n) is 11.8. The normalized spacial score (nSPS) is 11.9. The second-order valence-electron chi connectivity index (χ2n) is 9.40. The highest BCUT2D eigenvalue weighted by molar-refractivity contribution is 7.92. The van der Waals surface area contributed by atoms with Crippen LogP contribution in [-0.4, -0.2) is 59.6 Å². The average molecular weight is 537 g/mol. The van der Waals surface area contributed by atoms with E-state index in [2.05, 4.69) is 19.8 Å². The number of sulfonamides is 1. The zero-order valence-corrected chi connectivity index (χ0v) is 21.9. The topological polar surface area (TPSA) is 84.5 Å². The molecule has 0 aliphatic heterocycles. The quantitative estimate of drug-likeness (QED) is 0.310. The zero-order valence-electron chi connectivity index (χ0n) is 21.1. The van der Waals surface area contributed by atoms with Crippen LogP contribution in [0.2, 0.25) is 0 Å². The molecule has 1 N–H and O–H groups in total. The standard InChI is InChI=1S/C27H26F2N6O2S/c1-33(2)8-9-34-16-21(14-30-34)18-4-7-27-25(15-31-35(27)17-18)20-10-19(11-23(12-20)32-38(3,36)37)24-6-5-22(28)13-26(24)29/h4-7,10-17,32H,8-9H2,1-3H3. The molecule has 0 saturated heterocycles. The summed E-state index contributed by atoms with van der Waals surface area (Å²) in [5.41, 5.74) is 4.81. The molecule has 0 fully saturated rings. The Bertz CT molecular complexity index is 1740. The van der Waals surface area contributed by atoms with Crippen molar-refractivity contribution in [2.45, 2.75) is 6.54 Å². The largest absolute Gasteiger partial charge is 0.308 e. The lowest BCUT2D eigenvalue weighted by Gasteiger charge is -2.12. The molecule has 0 spiro atoms. The molecule has 0 aliphatic rings. The Kier molecular flexibility index (Phi) is 6.72. The summed E-state index contributed by atoms with van der Waals surface area (Å²) in [4.78, 5) is 2.09. The van der Waals surface area contributed by atoms with E-state index < -0.39 is 21.7 Å². The van der Waals surface area contributed by atoms with Gasteiger partial charge >= 0.3 is 0 Å². The lowest BCUT2D eigenvalue weighted by Crippen LogP contribution is -2.18. The minimum atomic E-state index is -3.60. The molecule has 0 amide bonds. The molecule has 0 saturated carbocycles. The van der Waals surface area contributed by atoms with Crippen LogP contribution in [0.15, 0.2) is 73.3 Å². The van der Waals surface area contributed by atoms with Crippen LogP contribution in [0.4, 0.5) is 14.5 Å². The van der Waals surface area contributed by atoms with Gasteiger partial charge in [-0.3, -0.25) is 9.40 Å². The number of pyridine rings is 1. The number of likely N-dealkylation sites (N-methyl/N-ethyl adjacent to an activating group) is 1. The summed E-state index contributed by atoms with van der Waals surface area (Å²) in [6, 6.07) is 12.1. The molecule has 11 heteroatoms. The molecule has 8 nitrogen and oxygen atoms in total. The third-order valence-electron chi connectivity index (χ3n) is 6.05. The SMILES string of the molecule is CN(C)CCn1cc(-c2ccc3c(-c4cc(NS(C)(=O)=O)cc(-c5ccc(F)cc5F)c4)cnn3c2)cn1. The maximum Gasteiger partial charge on any atom is 0.229 e. The van der Waals surface area contributed by atoms with Gasteiger partial charge in [0.1, 0.15) is 11.6 Å². The number of hydrogen-bond donors (Lipinski definition) is 1. The Morgan fingerprint density at radius 3 is 2.34 bits per heavy atom. The van der Waals surface area contributed by atoms with E-state index in [4.69, 9.17) is 0 Å². The molecule has 38 heavy (non-hydrogen) atoms. The first-order chi connectivity index (χ1) is 18.1. The fourth-order valence-electron chi connectivity index (χ4n) is 4.25. The second kappa shape index (κ2) is 9.99. The van der Waals surface area contributed by atoms with E-state index >= 15 is 0 Å². The first-order valence-corrected chi connectivity index (χ1v) is 13.7. The monoisotopic (exact) mass is 536 g/mol. The van der Waals surface area contributed by atoms with Gasteiger partial charge in [-0.1, -0.05) is 6.07 Å². The molecule has 3 heterocycles. The van der Waals surface area contributed by atoms with Crippen molar-refractivity contribution in [3.8, 4) is 33.4 Å². The molecule has 0 aliphatic carbocycles. The summed E-state index contributed by atoms with van der Waals surface area (Å²) < 4.78 is 58.1. The number of rotatable bonds is 8. The van der Waals surface area contributed by atoms with E-state index in [1.165, 1.54) is 12.1 Å². The number of fused-ring (bicyclic) bond motifs is 1. The molecule has 196 valence electrons. The van der Waals surface area contributed by atoms with E-state index in [0.717, 1.165) is 53.7 Å². The predicted octanol–water partition coefficient (Wildman–Crippen LogP) is 4.74. The molecular formula is C27H26F2N6O2S. The van der Waals surface area contributed by atoms with Crippen LogP contribution in [0.25, 0.3) is 38.9 Å². The zero-order chi connectivity index (χ0) is 27.0. The minimum absolute atomic E-state index is 0.148. The van der Waals surface area contributed by atoms with Crippen molar-refractivity contribution in [1.82, 2.24) is 24.3 Å². The van der Waals surface area contributed by atoms with E-state index in [1.807, 2.05) is 49.5 Å². The van der Waals surface area contributed by atoms with Gasteiger partial charge in [-0.05, 0) is 61.6 Å². The molecule has 3 aromatic heterocycles. The fourth-order valence-corrected chi connectivity index (χ4v) is 4.80. The lowest BCUT2D eigenvalue weighted by molar-refractivity contribution is 0.373. The van der Waals surface area contributed by atoms with E-state index in [0.29, 0.717) is 11.1 Å². The van der Waals surface area contributed by atoms with Crippen molar-refractivity contribution >= 4 is 21.2 Å². The Hall–Kier alpha value is -4.09. The van der Waals surface area contributed by atoms with Crippen LogP contribution in [0.3, 0.4) is 0 Å². The van der Waals surface area contributed by atoms with Crippen molar-refractivity contribution in [1.29, 1.82) is 0 Å². The molecule has 5 aromatic rings. The number of aromatic nitrogens is 4. The third kappa shape index (κ3) is 5.58. The van der Waals surface area contributed by atoms with E-state index in [1.54, 1.807) is 22.8 Å². The highest BCUT2D eigenvalue weighted by Crippen LogP contribution is 2.34. The van der Waals surface area contributed by atoms with Gasteiger partial charge in [-0.25, -0.2) is 21.7 Å². The summed E-state index contributed by atoms with van der Waals surface area (Å²) in [5.74, 6) is -1.44. The summed E-state index contributed by atoms with van der Waals surface area (Å²) >= 11 is 0. The van der Waals surface area contributed by atoms with Gasteiger partial charge in [-0.2, -0.15) is 10.2 Å². The minimum Gasteiger partial charge on any atom is -0.308 e. The van der Waals surface area contributed by atoms with Gasteiger partial charge in [0.15, 0.2) is 0 Å². The maximum absolute atomic E-state index is 14.6. The Morgan fingerprint density at radius 1 is 0.868 bits per heavy atom. The number of halogens is 2. The van der Waals surface area contributed by atoms with Crippen LogP contribution in [0, 0.1) is 11.6 Å². The number of benzene rings is 2. The van der Waals surface area contributed by atoms with Crippen LogP contribution in [0.5, 0.6) is 0 Å². The predicted molar refractivity (Wildman–Crippen MR) is 144 cm³/mol. The van der Waals surface area contributed by atoms with Crippen LogP contribution >= 0.6 is 0 Å². The van der Waals surface area contributed by atoms with Gasteiger partial charge in [-0.15, -0.1) is 0 Å². The summed E-state index contributed by atoms with van der Waals surface area (Å²) in [7, 11) is 0.428. The van der Waals surface area contributed by atoms with Crippen molar-refractivity contribution < 1.29 is 17.2 Å². The van der Waals surface area contributed by atoms with Gasteiger partial charge < -0.3 is 4.90 Å². The van der Waals surface area contributed by atoms with Gasteiger partial charge in [0.25, 0.3) is 0 Å². The second-order valence-corrected chi connectivity index (χ2v) is 11.1. The Balaban J connectivity index is 1.55. The van der Waals surface area contributed by atoms with Gasteiger partial charge in [0, 0.05) is 52.9 Å². The van der Waals surface area contributed by atoms with Crippen LogP contribution in [0.1, 0.15) is 0 Å². The fraction of sp³-hybridized carbons (Fsp3) is 0.185. The number of anilines is 1. The van der Waals surface area contributed by atoms with Crippen LogP contribution < -0.4 is 4.72 Å². The highest BCUT2D eigenvalue weighted by Gasteiger charge is 2.15. The van der Waals surface area contributed by atoms with E-state index in [-0.39, 0.29) is 11.3 Å². The molecule has 0 radical (unpaired) electrons. The van der Waals surface area contributed by atoms with Crippen molar-refractivity contribution in [2.75, 3.05) is 31.6 Å². The summed E-state index contributed by atoms with van der Waals surface area (Å²) in [6.07, 6.45) is 8.40. The van der Waals surface area contributed by atoms with Crippen molar-refractivity contribution in [2.24, 2.45) is 0 Å². The van der Waals surface area contributed by atoms with Gasteiger partial charge in [0.05, 0.1) is 30.7 Å². The van der Waals surface area contributed by atoms with Crippen molar-refractivity contribution in [3.05, 3.63) is 85.0 Å².